The summed E-state index contributed by atoms with van der Waals surface area (Å²) in [5, 5.41) is 8.30. The van der Waals surface area contributed by atoms with E-state index in [2.05, 4.69) is 15.0 Å². The second-order valence-electron chi connectivity index (χ2n) is 8.24. The van der Waals surface area contributed by atoms with Crippen LogP contribution in [-0.2, 0) is 29.1 Å². The highest BCUT2D eigenvalue weighted by Crippen LogP contribution is 2.22. The Kier molecular flexibility index (Phi) is 9.39. The molecule has 1 N–H and O–H groups in total. The normalized spacial score (nSPS) is 14.1. The minimum absolute atomic E-state index is 0.00822. The number of ether oxygens (including phenoxy) is 1. The molecule has 12 heteroatoms. The standard InChI is InChI=1S/C24H29N5O6S/c1-28(2)20-9-5-18(6-10-20)26-27-19-7-11-21(12-8-19)36(33,34)25-15-17-35-16-3-4-22(30)29-23(31)13-14-24(29)32/h5-12,25H,3-4,13-17H2,1-2H3/b27-26+. The Balaban J connectivity index is 1.38. The minimum atomic E-state index is -3.73. The number of nitrogens with zero attached hydrogens (tertiary/aromatic N) is 4. The third kappa shape index (κ3) is 7.51. The average molecular weight is 516 g/mol. The van der Waals surface area contributed by atoms with Gasteiger partial charge in [0.25, 0.3) is 0 Å². The molecule has 1 fully saturated rings. The number of nitrogens with one attached hydrogen (secondary N) is 1. The van der Waals surface area contributed by atoms with Crippen LogP contribution < -0.4 is 9.62 Å². The van der Waals surface area contributed by atoms with Crippen molar-refractivity contribution >= 4 is 44.8 Å². The van der Waals surface area contributed by atoms with Crippen LogP contribution >= 0.6 is 0 Å². The number of hydrogen-bond acceptors (Lipinski definition) is 9. The summed E-state index contributed by atoms with van der Waals surface area (Å²) < 4.78 is 32.7. The van der Waals surface area contributed by atoms with Crippen molar-refractivity contribution in [1.82, 2.24) is 9.62 Å². The van der Waals surface area contributed by atoms with Gasteiger partial charge in [-0.25, -0.2) is 18.0 Å². The molecule has 0 saturated carbocycles. The van der Waals surface area contributed by atoms with Gasteiger partial charge in [0.05, 0.1) is 22.9 Å². The molecule has 0 spiro atoms. The van der Waals surface area contributed by atoms with E-state index in [1.165, 1.54) is 12.1 Å². The number of hydrogen-bond donors (Lipinski definition) is 1. The van der Waals surface area contributed by atoms with Crippen LogP contribution in [0.2, 0.25) is 0 Å². The Morgan fingerprint density at radius 3 is 2.06 bits per heavy atom. The molecule has 1 heterocycles. The zero-order valence-corrected chi connectivity index (χ0v) is 21.0. The van der Waals surface area contributed by atoms with Gasteiger partial charge in [0.2, 0.25) is 27.7 Å². The Morgan fingerprint density at radius 2 is 1.50 bits per heavy atom. The van der Waals surface area contributed by atoms with Crippen LogP contribution in [0, 0.1) is 0 Å². The van der Waals surface area contributed by atoms with Crippen molar-refractivity contribution in [3.8, 4) is 0 Å². The van der Waals surface area contributed by atoms with Crippen LogP contribution in [0.25, 0.3) is 0 Å². The first-order valence-electron chi connectivity index (χ1n) is 11.4. The van der Waals surface area contributed by atoms with E-state index in [4.69, 9.17) is 4.74 Å². The summed E-state index contributed by atoms with van der Waals surface area (Å²) in [5.41, 5.74) is 2.24. The highest BCUT2D eigenvalue weighted by Gasteiger charge is 2.33. The van der Waals surface area contributed by atoms with E-state index in [0.29, 0.717) is 22.7 Å². The van der Waals surface area contributed by atoms with Crippen molar-refractivity contribution < 1.29 is 27.5 Å². The quantitative estimate of drug-likeness (QED) is 0.261. The molecular weight excluding hydrogens is 486 g/mol. The molecule has 0 bridgehead atoms. The molecule has 1 aliphatic heterocycles. The van der Waals surface area contributed by atoms with Crippen molar-refractivity contribution in [2.75, 3.05) is 38.8 Å². The number of anilines is 1. The molecule has 192 valence electrons. The lowest BCUT2D eigenvalue weighted by molar-refractivity contribution is -0.149. The molecular formula is C24H29N5O6S. The molecule has 0 aromatic heterocycles. The highest BCUT2D eigenvalue weighted by atomic mass is 32.2. The molecule has 1 saturated heterocycles. The number of amides is 3. The van der Waals surface area contributed by atoms with Crippen LogP contribution in [0.5, 0.6) is 0 Å². The van der Waals surface area contributed by atoms with Gasteiger partial charge < -0.3 is 9.64 Å². The van der Waals surface area contributed by atoms with Crippen LogP contribution in [0.4, 0.5) is 17.1 Å². The monoisotopic (exact) mass is 515 g/mol. The van der Waals surface area contributed by atoms with Gasteiger partial charge in [0.15, 0.2) is 0 Å². The number of carbonyl (C=O) groups is 3. The van der Waals surface area contributed by atoms with Gasteiger partial charge >= 0.3 is 0 Å². The molecule has 0 unspecified atom stereocenters. The fourth-order valence-electron chi connectivity index (χ4n) is 3.35. The summed E-state index contributed by atoms with van der Waals surface area (Å²) >= 11 is 0. The molecule has 0 aliphatic carbocycles. The van der Waals surface area contributed by atoms with Gasteiger partial charge in [-0.1, -0.05) is 0 Å². The van der Waals surface area contributed by atoms with Gasteiger partial charge in [-0.15, -0.1) is 0 Å². The van der Waals surface area contributed by atoms with E-state index in [1.54, 1.807) is 12.1 Å². The largest absolute Gasteiger partial charge is 0.380 e. The Bertz CT molecular complexity index is 1190. The molecule has 3 rings (SSSR count). The second-order valence-corrected chi connectivity index (χ2v) is 10.0. The zero-order valence-electron chi connectivity index (χ0n) is 20.2. The first-order chi connectivity index (χ1) is 17.2. The fraction of sp³-hybridized carbons (Fsp3) is 0.375. The summed E-state index contributed by atoms with van der Waals surface area (Å²) in [7, 11) is 0.168. The van der Waals surface area contributed by atoms with Gasteiger partial charge in [-0.2, -0.15) is 10.2 Å². The minimum Gasteiger partial charge on any atom is -0.380 e. The van der Waals surface area contributed by atoms with Gasteiger partial charge in [-0.3, -0.25) is 14.4 Å². The molecule has 0 atom stereocenters. The van der Waals surface area contributed by atoms with Crippen LogP contribution in [-0.4, -0.2) is 64.9 Å². The number of benzene rings is 2. The number of imide groups is 3. The molecule has 11 nitrogen and oxygen atoms in total. The fourth-order valence-corrected chi connectivity index (χ4v) is 4.36. The summed E-state index contributed by atoms with van der Waals surface area (Å²) in [4.78, 5) is 37.8. The maximum Gasteiger partial charge on any atom is 0.240 e. The van der Waals surface area contributed by atoms with Crippen LogP contribution in [0.3, 0.4) is 0 Å². The predicted molar refractivity (Wildman–Crippen MR) is 133 cm³/mol. The summed E-state index contributed by atoms with van der Waals surface area (Å²) in [6.07, 6.45) is 0.464. The second kappa shape index (κ2) is 12.5. The Labute approximate surface area is 210 Å². The van der Waals surface area contributed by atoms with E-state index in [-0.39, 0.29) is 43.9 Å². The molecule has 0 radical (unpaired) electrons. The van der Waals surface area contributed by atoms with Crippen molar-refractivity contribution in [2.45, 2.75) is 30.6 Å². The van der Waals surface area contributed by atoms with Crippen molar-refractivity contribution in [3.63, 3.8) is 0 Å². The first-order valence-corrected chi connectivity index (χ1v) is 12.9. The van der Waals surface area contributed by atoms with E-state index in [9.17, 15) is 22.8 Å². The summed E-state index contributed by atoms with van der Waals surface area (Å²) in [5.74, 6) is -1.46. The maximum atomic E-state index is 12.5. The van der Waals surface area contributed by atoms with Gasteiger partial charge in [-0.05, 0) is 55.0 Å². The van der Waals surface area contributed by atoms with Gasteiger partial charge in [0, 0.05) is 52.2 Å². The Hall–Kier alpha value is -3.48. The molecule has 2 aromatic carbocycles. The lowest BCUT2D eigenvalue weighted by Crippen LogP contribution is -2.35. The summed E-state index contributed by atoms with van der Waals surface area (Å²) in [6, 6.07) is 13.6. The van der Waals surface area contributed by atoms with Crippen LogP contribution in [0.1, 0.15) is 25.7 Å². The zero-order chi connectivity index (χ0) is 26.1. The third-order valence-electron chi connectivity index (χ3n) is 5.31. The number of likely N-dealkylation sites (tertiary alicyclic amines) is 1. The molecule has 36 heavy (non-hydrogen) atoms. The highest BCUT2D eigenvalue weighted by molar-refractivity contribution is 7.89. The predicted octanol–water partition coefficient (Wildman–Crippen LogP) is 2.92. The van der Waals surface area contributed by atoms with E-state index in [1.807, 2.05) is 43.3 Å². The SMILES string of the molecule is CN(C)c1ccc(/N=N/c2ccc(S(=O)(=O)NCCOCCCC(=O)N3C(=O)CCC3=O)cc2)cc1. The molecule has 3 amide bonds. The Morgan fingerprint density at radius 1 is 0.944 bits per heavy atom. The van der Waals surface area contributed by atoms with Crippen LogP contribution in [0.15, 0.2) is 63.7 Å². The van der Waals surface area contributed by atoms with E-state index >= 15 is 0 Å². The lowest BCUT2D eigenvalue weighted by atomic mass is 10.3. The smallest absolute Gasteiger partial charge is 0.240 e. The van der Waals surface area contributed by atoms with E-state index < -0.39 is 27.7 Å². The third-order valence-corrected chi connectivity index (χ3v) is 6.79. The average Bonchev–Trinajstić information content (AvgIpc) is 3.20. The van der Waals surface area contributed by atoms with Crippen molar-refractivity contribution in [2.24, 2.45) is 10.2 Å². The van der Waals surface area contributed by atoms with Gasteiger partial charge in [0.1, 0.15) is 0 Å². The first kappa shape index (κ1) is 27.1. The molecule has 2 aromatic rings. The number of sulfonamides is 1. The van der Waals surface area contributed by atoms with E-state index in [0.717, 1.165) is 5.69 Å². The topological polar surface area (TPSA) is 138 Å². The maximum absolute atomic E-state index is 12.5. The number of carbonyl (C=O) groups excluding carboxylic acids is 3. The lowest BCUT2D eigenvalue weighted by Gasteiger charge is -2.11. The van der Waals surface area contributed by atoms with Crippen molar-refractivity contribution in [1.29, 1.82) is 0 Å². The molecule has 1 aliphatic rings. The van der Waals surface area contributed by atoms with Crippen molar-refractivity contribution in [3.05, 3.63) is 48.5 Å². The summed E-state index contributed by atoms with van der Waals surface area (Å²) in [6.45, 7) is 0.346. The number of rotatable bonds is 12. The number of azo groups is 1.